The van der Waals surface area contributed by atoms with E-state index in [0.717, 1.165) is 16.7 Å². The molecular weight excluding hydrogens is 432 g/mol. The topological polar surface area (TPSA) is 49.4 Å². The highest BCUT2D eigenvalue weighted by Crippen LogP contribution is 2.18. The van der Waals surface area contributed by atoms with Crippen LogP contribution in [0.25, 0.3) is 0 Å². The number of aryl methyl sites for hydroxylation is 1. The lowest BCUT2D eigenvalue weighted by Crippen LogP contribution is -2.51. The first-order valence-electron chi connectivity index (χ1n) is 11.3. The summed E-state index contributed by atoms with van der Waals surface area (Å²) in [7, 11) is 0. The van der Waals surface area contributed by atoms with Crippen LogP contribution in [-0.2, 0) is 29.0 Å². The molecule has 0 aliphatic rings. The molecule has 0 bridgehead atoms. The Morgan fingerprint density at radius 2 is 1.39 bits per heavy atom. The van der Waals surface area contributed by atoms with Crippen LogP contribution < -0.4 is 5.32 Å². The standard InChI is InChI=1S/C28H31ClN2O2/c1-21(2)30-28(33)26(19-23-11-7-4-8-12-23)31(20-24-13-16-25(29)17-14-24)27(32)18-15-22-9-5-3-6-10-22/h3-14,16-17,21,26H,15,18-20H2,1-2H3,(H,30,33)/t26-/m1/s1. The van der Waals surface area contributed by atoms with Crippen molar-refractivity contribution in [1.82, 2.24) is 10.2 Å². The van der Waals surface area contributed by atoms with Crippen molar-refractivity contribution < 1.29 is 9.59 Å². The summed E-state index contributed by atoms with van der Waals surface area (Å²) in [6, 6.07) is 26.6. The number of hydrogen-bond donors (Lipinski definition) is 1. The molecule has 3 rings (SSSR count). The van der Waals surface area contributed by atoms with E-state index in [1.54, 1.807) is 4.90 Å². The lowest BCUT2D eigenvalue weighted by Gasteiger charge is -2.32. The molecule has 0 saturated heterocycles. The number of halogens is 1. The monoisotopic (exact) mass is 462 g/mol. The Hall–Kier alpha value is -3.11. The van der Waals surface area contributed by atoms with Gasteiger partial charge in [-0.3, -0.25) is 9.59 Å². The normalized spacial score (nSPS) is 11.8. The highest BCUT2D eigenvalue weighted by atomic mass is 35.5. The molecule has 0 aliphatic heterocycles. The van der Waals surface area contributed by atoms with Crippen LogP contribution in [0.4, 0.5) is 0 Å². The highest BCUT2D eigenvalue weighted by molar-refractivity contribution is 6.30. The Kier molecular flexibility index (Phi) is 9.08. The molecule has 0 spiro atoms. The third kappa shape index (κ3) is 7.76. The molecular formula is C28H31ClN2O2. The van der Waals surface area contributed by atoms with E-state index >= 15 is 0 Å². The largest absolute Gasteiger partial charge is 0.352 e. The smallest absolute Gasteiger partial charge is 0.243 e. The summed E-state index contributed by atoms with van der Waals surface area (Å²) in [5.74, 6) is -0.190. The van der Waals surface area contributed by atoms with E-state index in [0.29, 0.717) is 30.8 Å². The minimum absolute atomic E-state index is 0.0208. The second-order valence-corrected chi connectivity index (χ2v) is 8.94. The molecule has 3 aromatic rings. The summed E-state index contributed by atoms with van der Waals surface area (Å²) >= 11 is 6.06. The summed E-state index contributed by atoms with van der Waals surface area (Å²) in [6.07, 6.45) is 1.41. The summed E-state index contributed by atoms with van der Waals surface area (Å²) in [6.45, 7) is 4.20. The Morgan fingerprint density at radius 3 is 1.97 bits per heavy atom. The van der Waals surface area contributed by atoms with Gasteiger partial charge in [-0.25, -0.2) is 0 Å². The zero-order chi connectivity index (χ0) is 23.6. The molecule has 33 heavy (non-hydrogen) atoms. The van der Waals surface area contributed by atoms with Gasteiger partial charge in [0.15, 0.2) is 0 Å². The predicted molar refractivity (Wildman–Crippen MR) is 134 cm³/mol. The number of carbonyl (C=O) groups excluding carboxylic acids is 2. The fourth-order valence-corrected chi connectivity index (χ4v) is 3.89. The fraction of sp³-hybridized carbons (Fsp3) is 0.286. The summed E-state index contributed by atoms with van der Waals surface area (Å²) in [5, 5.41) is 3.65. The molecule has 0 aromatic heterocycles. The minimum Gasteiger partial charge on any atom is -0.352 e. The third-order valence-electron chi connectivity index (χ3n) is 5.44. The van der Waals surface area contributed by atoms with E-state index in [9.17, 15) is 9.59 Å². The molecule has 0 radical (unpaired) electrons. The van der Waals surface area contributed by atoms with Gasteiger partial charge in [0.05, 0.1) is 0 Å². The Balaban J connectivity index is 1.89. The van der Waals surface area contributed by atoms with Gasteiger partial charge in [0.1, 0.15) is 6.04 Å². The lowest BCUT2D eigenvalue weighted by molar-refractivity contribution is -0.141. The van der Waals surface area contributed by atoms with Crippen LogP contribution in [-0.4, -0.2) is 28.8 Å². The van der Waals surface area contributed by atoms with Gasteiger partial charge in [0.2, 0.25) is 11.8 Å². The van der Waals surface area contributed by atoms with Crippen LogP contribution in [0.3, 0.4) is 0 Å². The molecule has 172 valence electrons. The van der Waals surface area contributed by atoms with Crippen molar-refractivity contribution in [3.63, 3.8) is 0 Å². The van der Waals surface area contributed by atoms with Crippen LogP contribution in [0.5, 0.6) is 0 Å². The number of nitrogens with zero attached hydrogens (tertiary/aromatic N) is 1. The van der Waals surface area contributed by atoms with Crippen molar-refractivity contribution in [3.05, 3.63) is 107 Å². The first kappa shape index (κ1) is 24.5. The molecule has 3 aromatic carbocycles. The summed E-state index contributed by atoms with van der Waals surface area (Å²) in [4.78, 5) is 28.5. The van der Waals surface area contributed by atoms with Gasteiger partial charge >= 0.3 is 0 Å². The number of hydrogen-bond acceptors (Lipinski definition) is 2. The van der Waals surface area contributed by atoms with Crippen LogP contribution in [0.15, 0.2) is 84.9 Å². The molecule has 0 fully saturated rings. The third-order valence-corrected chi connectivity index (χ3v) is 5.69. The summed E-state index contributed by atoms with van der Waals surface area (Å²) in [5.41, 5.74) is 3.05. The van der Waals surface area contributed by atoms with E-state index in [4.69, 9.17) is 11.6 Å². The van der Waals surface area contributed by atoms with E-state index in [2.05, 4.69) is 5.32 Å². The molecule has 0 unspecified atom stereocenters. The van der Waals surface area contributed by atoms with Crippen molar-refractivity contribution in [2.45, 2.75) is 51.7 Å². The SMILES string of the molecule is CC(C)NC(=O)[C@@H](Cc1ccccc1)N(Cc1ccc(Cl)cc1)C(=O)CCc1ccccc1. The first-order chi connectivity index (χ1) is 15.9. The predicted octanol–water partition coefficient (Wildman–Crippen LogP) is 5.44. The van der Waals surface area contributed by atoms with Crippen molar-refractivity contribution in [2.75, 3.05) is 0 Å². The van der Waals surface area contributed by atoms with E-state index < -0.39 is 6.04 Å². The van der Waals surface area contributed by atoms with Crippen molar-refractivity contribution in [3.8, 4) is 0 Å². The number of benzene rings is 3. The first-order valence-corrected chi connectivity index (χ1v) is 11.7. The van der Waals surface area contributed by atoms with Crippen LogP contribution >= 0.6 is 11.6 Å². The molecule has 0 heterocycles. The van der Waals surface area contributed by atoms with Crippen LogP contribution in [0.2, 0.25) is 5.02 Å². The number of carbonyl (C=O) groups is 2. The molecule has 0 aliphatic carbocycles. The Bertz CT molecular complexity index is 1020. The number of rotatable bonds is 10. The zero-order valence-corrected chi connectivity index (χ0v) is 20.0. The quantitative estimate of drug-likeness (QED) is 0.436. The van der Waals surface area contributed by atoms with Gasteiger partial charge in [0, 0.05) is 30.5 Å². The van der Waals surface area contributed by atoms with Gasteiger partial charge < -0.3 is 10.2 Å². The Labute approximate surface area is 201 Å². The van der Waals surface area contributed by atoms with E-state index in [-0.39, 0.29) is 17.9 Å². The zero-order valence-electron chi connectivity index (χ0n) is 19.2. The van der Waals surface area contributed by atoms with Gasteiger partial charge in [-0.1, -0.05) is 84.4 Å². The minimum atomic E-state index is -0.617. The van der Waals surface area contributed by atoms with Gasteiger partial charge in [-0.05, 0) is 49.1 Å². The van der Waals surface area contributed by atoms with Gasteiger partial charge in [-0.15, -0.1) is 0 Å². The Morgan fingerprint density at radius 1 is 0.818 bits per heavy atom. The highest BCUT2D eigenvalue weighted by Gasteiger charge is 2.30. The fourth-order valence-electron chi connectivity index (χ4n) is 3.76. The van der Waals surface area contributed by atoms with E-state index in [1.165, 1.54) is 0 Å². The average Bonchev–Trinajstić information content (AvgIpc) is 2.82. The summed E-state index contributed by atoms with van der Waals surface area (Å²) < 4.78 is 0. The molecule has 0 saturated carbocycles. The number of nitrogens with one attached hydrogen (secondary N) is 1. The lowest BCUT2D eigenvalue weighted by atomic mass is 10.0. The maximum atomic E-state index is 13.5. The maximum absolute atomic E-state index is 13.5. The van der Waals surface area contributed by atoms with Crippen molar-refractivity contribution in [2.24, 2.45) is 0 Å². The second kappa shape index (κ2) is 12.2. The van der Waals surface area contributed by atoms with Crippen LogP contribution in [0.1, 0.15) is 37.0 Å². The van der Waals surface area contributed by atoms with Gasteiger partial charge in [-0.2, -0.15) is 0 Å². The number of amides is 2. The van der Waals surface area contributed by atoms with E-state index in [1.807, 2.05) is 98.8 Å². The maximum Gasteiger partial charge on any atom is 0.243 e. The van der Waals surface area contributed by atoms with Crippen molar-refractivity contribution in [1.29, 1.82) is 0 Å². The molecule has 5 heteroatoms. The average molecular weight is 463 g/mol. The van der Waals surface area contributed by atoms with Gasteiger partial charge in [0.25, 0.3) is 0 Å². The molecule has 1 atom stereocenters. The molecule has 1 N–H and O–H groups in total. The molecule has 4 nitrogen and oxygen atoms in total. The second-order valence-electron chi connectivity index (χ2n) is 8.50. The van der Waals surface area contributed by atoms with Crippen LogP contribution in [0, 0.1) is 0 Å². The van der Waals surface area contributed by atoms with Crippen molar-refractivity contribution >= 4 is 23.4 Å². The molecule has 2 amide bonds.